The van der Waals surface area contributed by atoms with Gasteiger partial charge in [-0.1, -0.05) is 103 Å². The van der Waals surface area contributed by atoms with Crippen LogP contribution in [0.4, 0.5) is 0 Å². The van der Waals surface area contributed by atoms with Crippen LogP contribution in [0.15, 0.2) is 0 Å². The van der Waals surface area contributed by atoms with Crippen LogP contribution in [0.5, 0.6) is 0 Å². The van der Waals surface area contributed by atoms with Crippen LogP contribution in [0.3, 0.4) is 0 Å². The van der Waals surface area contributed by atoms with Crippen LogP contribution in [-0.4, -0.2) is 62.4 Å². The summed E-state index contributed by atoms with van der Waals surface area (Å²) in [5.41, 5.74) is 0. The van der Waals surface area contributed by atoms with Gasteiger partial charge in [-0.15, -0.1) is 0 Å². The molecular weight excluding hydrogens is 402 g/mol. The maximum atomic E-state index is 8.81. The molecule has 5 heteroatoms. The number of ether oxygens (including phenoxy) is 2. The molecule has 0 amide bonds. The van der Waals surface area contributed by atoms with E-state index in [4.69, 9.17) is 19.7 Å². The first-order chi connectivity index (χ1) is 15.8. The van der Waals surface area contributed by atoms with E-state index in [9.17, 15) is 0 Å². The van der Waals surface area contributed by atoms with Gasteiger partial charge in [-0.05, 0) is 25.8 Å². The second kappa shape index (κ2) is 28.8. The van der Waals surface area contributed by atoms with Crippen molar-refractivity contribution < 1.29 is 19.7 Å². The number of aliphatic hydroxyl groups is 2. The molecule has 0 heterocycles. The van der Waals surface area contributed by atoms with Crippen LogP contribution < -0.4 is 5.32 Å². The maximum Gasteiger partial charge on any atom is 0.0697 e. The SMILES string of the molecule is CCCCCCCCCCCCCCCCCCNC(CCOCCO)CCOCCO. The molecule has 32 heavy (non-hydrogen) atoms. The Kier molecular flexibility index (Phi) is 28.7. The summed E-state index contributed by atoms with van der Waals surface area (Å²) in [5, 5.41) is 21.3. The zero-order valence-corrected chi connectivity index (χ0v) is 21.5. The third kappa shape index (κ3) is 26.1. The van der Waals surface area contributed by atoms with E-state index in [2.05, 4.69) is 12.2 Å². The van der Waals surface area contributed by atoms with Gasteiger partial charge in [-0.2, -0.15) is 0 Å². The molecule has 194 valence electrons. The number of rotatable bonds is 28. The first-order valence-electron chi connectivity index (χ1n) is 14.0. The van der Waals surface area contributed by atoms with E-state index < -0.39 is 0 Å². The van der Waals surface area contributed by atoms with Crippen LogP contribution in [-0.2, 0) is 9.47 Å². The smallest absolute Gasteiger partial charge is 0.0697 e. The monoisotopic (exact) mass is 459 g/mol. The first-order valence-corrected chi connectivity index (χ1v) is 14.0. The predicted molar refractivity (Wildman–Crippen MR) is 136 cm³/mol. The minimum Gasteiger partial charge on any atom is -0.394 e. The summed E-state index contributed by atoms with van der Waals surface area (Å²) in [7, 11) is 0. The van der Waals surface area contributed by atoms with Gasteiger partial charge in [-0.3, -0.25) is 0 Å². The summed E-state index contributed by atoms with van der Waals surface area (Å²) in [6.45, 7) is 5.64. The molecule has 0 saturated carbocycles. The molecule has 3 N–H and O–H groups in total. The summed E-state index contributed by atoms with van der Waals surface area (Å²) in [4.78, 5) is 0. The van der Waals surface area contributed by atoms with E-state index in [0.717, 1.165) is 19.4 Å². The van der Waals surface area contributed by atoms with E-state index in [1.165, 1.54) is 103 Å². The zero-order valence-electron chi connectivity index (χ0n) is 21.5. The molecule has 0 atom stereocenters. The van der Waals surface area contributed by atoms with Crippen LogP contribution in [0.1, 0.15) is 122 Å². The summed E-state index contributed by atoms with van der Waals surface area (Å²) >= 11 is 0. The lowest BCUT2D eigenvalue weighted by Gasteiger charge is -2.19. The van der Waals surface area contributed by atoms with Gasteiger partial charge in [0.25, 0.3) is 0 Å². The molecule has 0 rings (SSSR count). The lowest BCUT2D eigenvalue weighted by molar-refractivity contribution is 0.0708. The summed E-state index contributed by atoms with van der Waals surface area (Å²) < 4.78 is 10.8. The Morgan fingerprint density at radius 2 is 0.906 bits per heavy atom. The second-order valence-corrected chi connectivity index (χ2v) is 9.20. The molecule has 0 fully saturated rings. The molecule has 0 aromatic rings. The number of nitrogens with one attached hydrogen (secondary N) is 1. The number of hydrogen-bond acceptors (Lipinski definition) is 5. The van der Waals surface area contributed by atoms with Crippen LogP contribution in [0, 0.1) is 0 Å². The average molecular weight is 460 g/mol. The van der Waals surface area contributed by atoms with Gasteiger partial charge in [0.1, 0.15) is 0 Å². The fourth-order valence-corrected chi connectivity index (χ4v) is 4.11. The van der Waals surface area contributed by atoms with Gasteiger partial charge in [-0.25, -0.2) is 0 Å². The van der Waals surface area contributed by atoms with E-state index in [-0.39, 0.29) is 13.2 Å². The lowest BCUT2D eigenvalue weighted by atomic mass is 10.0. The number of unbranched alkanes of at least 4 members (excludes halogenated alkanes) is 15. The van der Waals surface area contributed by atoms with E-state index in [1.54, 1.807) is 0 Å². The standard InChI is InChI=1S/C27H57NO4/c1-2-3-4-5-6-7-8-9-10-11-12-13-14-15-16-17-20-28-27(18-23-31-25-21-29)19-24-32-26-22-30/h27-30H,2-26H2,1H3. The highest BCUT2D eigenvalue weighted by molar-refractivity contribution is 4.67. The molecule has 0 unspecified atom stereocenters. The predicted octanol–water partition coefficient (Wildman–Crippen LogP) is 6.00. The van der Waals surface area contributed by atoms with Crippen LogP contribution in [0.2, 0.25) is 0 Å². The van der Waals surface area contributed by atoms with Crippen molar-refractivity contribution in [2.24, 2.45) is 0 Å². The van der Waals surface area contributed by atoms with Crippen molar-refractivity contribution in [3.63, 3.8) is 0 Å². The average Bonchev–Trinajstić information content (AvgIpc) is 2.81. The summed E-state index contributed by atoms with van der Waals surface area (Å²) in [6, 6.07) is 0.378. The van der Waals surface area contributed by atoms with E-state index >= 15 is 0 Å². The Morgan fingerprint density at radius 3 is 1.28 bits per heavy atom. The van der Waals surface area contributed by atoms with Gasteiger partial charge in [0.2, 0.25) is 0 Å². The van der Waals surface area contributed by atoms with Gasteiger partial charge in [0.05, 0.1) is 26.4 Å². The third-order valence-corrected chi connectivity index (χ3v) is 6.16. The Hall–Kier alpha value is -0.200. The van der Waals surface area contributed by atoms with Crippen molar-refractivity contribution in [2.75, 3.05) is 46.2 Å². The summed E-state index contributed by atoms with van der Waals surface area (Å²) in [5.74, 6) is 0. The highest BCUT2D eigenvalue weighted by Crippen LogP contribution is 2.13. The van der Waals surface area contributed by atoms with Crippen molar-refractivity contribution in [1.82, 2.24) is 5.32 Å². The molecule has 0 aliphatic heterocycles. The molecule has 0 saturated heterocycles. The van der Waals surface area contributed by atoms with Crippen molar-refractivity contribution in [2.45, 2.75) is 129 Å². The van der Waals surface area contributed by atoms with Crippen LogP contribution >= 0.6 is 0 Å². The molecule has 0 aromatic carbocycles. The van der Waals surface area contributed by atoms with Gasteiger partial charge < -0.3 is 25.0 Å². The molecule has 0 spiro atoms. The fourth-order valence-electron chi connectivity index (χ4n) is 4.11. The molecule has 0 aromatic heterocycles. The zero-order chi connectivity index (χ0) is 23.4. The molecule has 5 nitrogen and oxygen atoms in total. The van der Waals surface area contributed by atoms with E-state index in [1.807, 2.05) is 0 Å². The lowest BCUT2D eigenvalue weighted by Crippen LogP contribution is -2.32. The van der Waals surface area contributed by atoms with Gasteiger partial charge in [0.15, 0.2) is 0 Å². The van der Waals surface area contributed by atoms with Crippen LogP contribution in [0.25, 0.3) is 0 Å². The van der Waals surface area contributed by atoms with E-state index in [0.29, 0.717) is 32.5 Å². The highest BCUT2D eigenvalue weighted by atomic mass is 16.5. The normalized spacial score (nSPS) is 11.6. The minimum atomic E-state index is 0.0803. The Morgan fingerprint density at radius 1 is 0.531 bits per heavy atom. The number of hydrogen-bond donors (Lipinski definition) is 3. The summed E-state index contributed by atoms with van der Waals surface area (Å²) in [6.07, 6.45) is 24.2. The minimum absolute atomic E-state index is 0.0803. The first kappa shape index (κ1) is 31.8. The molecule has 0 aliphatic carbocycles. The Bertz CT molecular complexity index is 319. The third-order valence-electron chi connectivity index (χ3n) is 6.16. The quantitative estimate of drug-likeness (QED) is 0.125. The van der Waals surface area contributed by atoms with Crippen molar-refractivity contribution in [1.29, 1.82) is 0 Å². The largest absolute Gasteiger partial charge is 0.394 e. The van der Waals surface area contributed by atoms with Gasteiger partial charge in [0, 0.05) is 19.3 Å². The molecule has 0 bridgehead atoms. The fraction of sp³-hybridized carbons (Fsp3) is 1.00. The Labute approximate surface area is 200 Å². The van der Waals surface area contributed by atoms with Crippen molar-refractivity contribution >= 4 is 0 Å². The molecular formula is C27H57NO4. The highest BCUT2D eigenvalue weighted by Gasteiger charge is 2.08. The van der Waals surface area contributed by atoms with Crippen molar-refractivity contribution in [3.05, 3.63) is 0 Å². The van der Waals surface area contributed by atoms with Crippen molar-refractivity contribution in [3.8, 4) is 0 Å². The second-order valence-electron chi connectivity index (χ2n) is 9.20. The number of aliphatic hydroxyl groups excluding tert-OH is 2. The maximum absolute atomic E-state index is 8.81. The topological polar surface area (TPSA) is 71.0 Å². The van der Waals surface area contributed by atoms with Gasteiger partial charge >= 0.3 is 0 Å². The molecule has 0 radical (unpaired) electrons. The Balaban J connectivity index is 3.43. The molecule has 0 aliphatic rings.